The van der Waals surface area contributed by atoms with Crippen LogP contribution in [0.25, 0.3) is 0 Å². The van der Waals surface area contributed by atoms with Gasteiger partial charge < -0.3 is 4.74 Å². The van der Waals surface area contributed by atoms with E-state index >= 15 is 0 Å². The smallest absolute Gasteiger partial charge is 0.417 e. The number of nitrogens with zero attached hydrogens (tertiary/aromatic N) is 2. The molecule has 1 N–H and O–H groups in total. The summed E-state index contributed by atoms with van der Waals surface area (Å²) in [6, 6.07) is 6.18. The molecule has 0 bridgehead atoms. The summed E-state index contributed by atoms with van der Waals surface area (Å²) in [5.74, 6) is 1.38. The third kappa shape index (κ3) is 4.97. The van der Waals surface area contributed by atoms with Gasteiger partial charge in [-0.3, -0.25) is 5.43 Å². The fourth-order valence-corrected chi connectivity index (χ4v) is 2.38. The van der Waals surface area contributed by atoms with E-state index in [2.05, 4.69) is 29.4 Å². The Hall–Kier alpha value is -2.57. The number of aryl methyl sites for hydroxylation is 1. The minimum atomic E-state index is -4.40. The van der Waals surface area contributed by atoms with Crippen molar-refractivity contribution in [2.45, 2.75) is 39.8 Å². The largest absolute Gasteiger partial charge is 0.494 e. The topological polar surface area (TPSA) is 46.5 Å². The highest BCUT2D eigenvalue weighted by Crippen LogP contribution is 2.30. The molecule has 0 saturated heterocycles. The molecule has 2 rings (SSSR count). The van der Waals surface area contributed by atoms with Crippen LogP contribution in [0.15, 0.2) is 35.6 Å². The molecule has 0 fully saturated rings. The molecule has 0 spiro atoms. The number of anilines is 1. The van der Waals surface area contributed by atoms with Crippen molar-refractivity contribution >= 4 is 12.0 Å². The Labute approximate surface area is 151 Å². The zero-order chi connectivity index (χ0) is 19.3. The first-order valence-electron chi connectivity index (χ1n) is 8.32. The van der Waals surface area contributed by atoms with Gasteiger partial charge in [0.1, 0.15) is 11.6 Å². The lowest BCUT2D eigenvalue weighted by Gasteiger charge is -2.15. The van der Waals surface area contributed by atoms with Crippen molar-refractivity contribution in [3.8, 4) is 5.75 Å². The van der Waals surface area contributed by atoms with Crippen LogP contribution < -0.4 is 10.2 Å². The van der Waals surface area contributed by atoms with E-state index in [0.29, 0.717) is 6.61 Å². The monoisotopic (exact) mass is 365 g/mol. The lowest BCUT2D eigenvalue weighted by Crippen LogP contribution is -2.06. The van der Waals surface area contributed by atoms with Gasteiger partial charge in [-0.2, -0.15) is 18.3 Å². The van der Waals surface area contributed by atoms with Crippen molar-refractivity contribution < 1.29 is 17.9 Å². The second-order valence-electron chi connectivity index (χ2n) is 6.13. The Kier molecular flexibility index (Phi) is 6.23. The van der Waals surface area contributed by atoms with Gasteiger partial charge in [-0.15, -0.1) is 0 Å². The van der Waals surface area contributed by atoms with E-state index in [1.165, 1.54) is 6.07 Å². The lowest BCUT2D eigenvalue weighted by molar-refractivity contribution is -0.137. The molecule has 7 heteroatoms. The zero-order valence-corrected chi connectivity index (χ0v) is 15.2. The van der Waals surface area contributed by atoms with Gasteiger partial charge in [-0.05, 0) is 60.7 Å². The summed E-state index contributed by atoms with van der Waals surface area (Å²) in [7, 11) is 0. The van der Waals surface area contributed by atoms with Gasteiger partial charge in [0.05, 0.1) is 18.4 Å². The SMILES string of the molecule is CCOc1cc(C)c(/C=N\Nc2ccc(C(F)(F)F)cn2)cc1C(C)C. The predicted octanol–water partition coefficient (Wildman–Crippen LogP) is 5.38. The highest BCUT2D eigenvalue weighted by Gasteiger charge is 2.30. The molecule has 0 aliphatic carbocycles. The summed E-state index contributed by atoms with van der Waals surface area (Å²) in [5.41, 5.74) is 4.82. The molecule has 1 aromatic heterocycles. The fourth-order valence-electron chi connectivity index (χ4n) is 2.38. The predicted molar refractivity (Wildman–Crippen MR) is 96.9 cm³/mol. The Balaban J connectivity index is 2.16. The number of rotatable bonds is 6. The van der Waals surface area contributed by atoms with Gasteiger partial charge in [-0.25, -0.2) is 4.98 Å². The summed E-state index contributed by atoms with van der Waals surface area (Å²) in [6.45, 7) is 8.64. The van der Waals surface area contributed by atoms with Crippen LogP contribution >= 0.6 is 0 Å². The second kappa shape index (κ2) is 8.21. The van der Waals surface area contributed by atoms with E-state index in [0.717, 1.165) is 34.7 Å². The number of ether oxygens (including phenoxy) is 1. The van der Waals surface area contributed by atoms with Crippen LogP contribution in [0.2, 0.25) is 0 Å². The van der Waals surface area contributed by atoms with E-state index in [4.69, 9.17) is 4.74 Å². The maximum Gasteiger partial charge on any atom is 0.417 e. The van der Waals surface area contributed by atoms with E-state index < -0.39 is 11.7 Å². The normalized spacial score (nSPS) is 12.0. The summed E-state index contributed by atoms with van der Waals surface area (Å²) in [4.78, 5) is 3.72. The molecule has 1 heterocycles. The number of nitrogens with one attached hydrogen (secondary N) is 1. The highest BCUT2D eigenvalue weighted by atomic mass is 19.4. The molecule has 1 aromatic carbocycles. The average Bonchev–Trinajstić information content (AvgIpc) is 2.56. The summed E-state index contributed by atoms with van der Waals surface area (Å²) >= 11 is 0. The van der Waals surface area contributed by atoms with Gasteiger partial charge in [0, 0.05) is 6.20 Å². The van der Waals surface area contributed by atoms with Gasteiger partial charge in [0.15, 0.2) is 0 Å². The van der Waals surface area contributed by atoms with Crippen molar-refractivity contribution in [2.24, 2.45) is 5.10 Å². The number of hydrogen-bond acceptors (Lipinski definition) is 4. The average molecular weight is 365 g/mol. The Bertz CT molecular complexity index is 769. The molecule has 0 amide bonds. The third-order valence-electron chi connectivity index (χ3n) is 3.79. The lowest BCUT2D eigenvalue weighted by atomic mass is 9.97. The number of alkyl halides is 3. The summed E-state index contributed by atoms with van der Waals surface area (Å²) < 4.78 is 43.3. The highest BCUT2D eigenvalue weighted by molar-refractivity contribution is 5.83. The minimum Gasteiger partial charge on any atom is -0.494 e. The number of benzene rings is 1. The van der Waals surface area contributed by atoms with Crippen molar-refractivity contribution in [3.63, 3.8) is 0 Å². The van der Waals surface area contributed by atoms with E-state index in [1.54, 1.807) is 6.21 Å². The molecule has 0 atom stereocenters. The van der Waals surface area contributed by atoms with E-state index in [-0.39, 0.29) is 11.7 Å². The maximum absolute atomic E-state index is 12.5. The molecule has 2 aromatic rings. The van der Waals surface area contributed by atoms with Crippen molar-refractivity contribution in [2.75, 3.05) is 12.0 Å². The van der Waals surface area contributed by atoms with Gasteiger partial charge in [0.2, 0.25) is 0 Å². The van der Waals surface area contributed by atoms with Crippen LogP contribution in [0.4, 0.5) is 19.0 Å². The fraction of sp³-hybridized carbons (Fsp3) is 0.368. The quantitative estimate of drug-likeness (QED) is 0.552. The molecular weight excluding hydrogens is 343 g/mol. The summed E-state index contributed by atoms with van der Waals surface area (Å²) in [6.07, 6.45) is -2.01. The van der Waals surface area contributed by atoms with Crippen LogP contribution in [0.1, 0.15) is 48.9 Å². The van der Waals surface area contributed by atoms with Crippen molar-refractivity contribution in [1.29, 1.82) is 0 Å². The van der Waals surface area contributed by atoms with Crippen LogP contribution in [0.5, 0.6) is 5.75 Å². The molecule has 0 aliphatic heterocycles. The molecule has 4 nitrogen and oxygen atoms in total. The molecule has 0 radical (unpaired) electrons. The number of pyridine rings is 1. The standard InChI is InChI=1S/C19H22F3N3O/c1-5-26-17-8-13(4)14(9-16(17)12(2)3)10-24-25-18-7-6-15(11-23-18)19(20,21)22/h6-12H,5H2,1-4H3,(H,23,25)/b24-10-. The first-order valence-corrected chi connectivity index (χ1v) is 8.32. The molecule has 0 unspecified atom stereocenters. The Morgan fingerprint density at radius 3 is 2.54 bits per heavy atom. The Morgan fingerprint density at radius 1 is 1.27 bits per heavy atom. The van der Waals surface area contributed by atoms with E-state index in [9.17, 15) is 13.2 Å². The van der Waals surface area contributed by atoms with Crippen molar-refractivity contribution in [3.05, 3.63) is 52.7 Å². The molecular formula is C19H22F3N3O. The van der Waals surface area contributed by atoms with Crippen molar-refractivity contribution in [1.82, 2.24) is 4.98 Å². The van der Waals surface area contributed by atoms with Gasteiger partial charge >= 0.3 is 6.18 Å². The number of aromatic nitrogens is 1. The van der Waals surface area contributed by atoms with Gasteiger partial charge in [-0.1, -0.05) is 13.8 Å². The molecule has 140 valence electrons. The molecule has 26 heavy (non-hydrogen) atoms. The first kappa shape index (κ1) is 19.8. The second-order valence-corrected chi connectivity index (χ2v) is 6.13. The molecule has 0 aliphatic rings. The summed E-state index contributed by atoms with van der Waals surface area (Å²) in [5, 5.41) is 4.08. The van der Waals surface area contributed by atoms with Crippen LogP contribution in [-0.2, 0) is 6.18 Å². The number of halogens is 3. The number of hydrazone groups is 1. The van der Waals surface area contributed by atoms with Crippen LogP contribution in [-0.4, -0.2) is 17.8 Å². The van der Waals surface area contributed by atoms with Gasteiger partial charge in [0.25, 0.3) is 0 Å². The Morgan fingerprint density at radius 2 is 2.00 bits per heavy atom. The van der Waals surface area contributed by atoms with Crippen LogP contribution in [0.3, 0.4) is 0 Å². The first-order chi connectivity index (χ1) is 12.2. The zero-order valence-electron chi connectivity index (χ0n) is 15.2. The maximum atomic E-state index is 12.5. The number of hydrogen-bond donors (Lipinski definition) is 1. The van der Waals surface area contributed by atoms with E-state index in [1.807, 2.05) is 26.0 Å². The minimum absolute atomic E-state index is 0.238. The molecule has 0 saturated carbocycles. The van der Waals surface area contributed by atoms with Crippen LogP contribution in [0, 0.1) is 6.92 Å². The third-order valence-corrected chi connectivity index (χ3v) is 3.79.